The molecule has 0 bridgehead atoms. The molecule has 2 nitrogen and oxygen atoms in total. The molecular formula is C11H13Cl2NO. The summed E-state index contributed by atoms with van der Waals surface area (Å²) >= 11 is 11.9. The second-order valence-corrected chi connectivity index (χ2v) is 3.97. The third-order valence-corrected chi connectivity index (χ3v) is 2.75. The van der Waals surface area contributed by atoms with Gasteiger partial charge in [-0.1, -0.05) is 29.3 Å². The molecule has 82 valence electrons. The van der Waals surface area contributed by atoms with Crippen LogP contribution in [0.1, 0.15) is 18.9 Å². The summed E-state index contributed by atoms with van der Waals surface area (Å²) < 4.78 is 0. The highest BCUT2D eigenvalue weighted by Crippen LogP contribution is 2.25. The Hall–Kier alpha value is -0.730. The second-order valence-electron chi connectivity index (χ2n) is 3.15. The molecule has 1 rings (SSSR count). The molecule has 1 amide bonds. The quantitative estimate of drug-likeness (QED) is 0.869. The van der Waals surface area contributed by atoms with Crippen molar-refractivity contribution in [2.75, 3.05) is 6.54 Å². The van der Waals surface area contributed by atoms with Gasteiger partial charge in [0.25, 0.3) is 0 Å². The highest BCUT2D eigenvalue weighted by atomic mass is 35.5. The van der Waals surface area contributed by atoms with Gasteiger partial charge in [0, 0.05) is 23.0 Å². The predicted molar refractivity (Wildman–Crippen MR) is 63.5 cm³/mol. The number of hydrogen-bond acceptors (Lipinski definition) is 1. The highest BCUT2D eigenvalue weighted by Gasteiger charge is 2.07. The van der Waals surface area contributed by atoms with Crippen LogP contribution in [0.15, 0.2) is 18.2 Å². The molecule has 0 aliphatic carbocycles. The summed E-state index contributed by atoms with van der Waals surface area (Å²) in [5.74, 6) is 0.0217. The van der Waals surface area contributed by atoms with E-state index >= 15 is 0 Å². The monoisotopic (exact) mass is 245 g/mol. The number of halogens is 2. The van der Waals surface area contributed by atoms with Crippen LogP contribution in [0.25, 0.3) is 0 Å². The molecule has 4 heteroatoms. The lowest BCUT2D eigenvalue weighted by molar-refractivity contribution is -0.120. The Labute approximate surface area is 99.6 Å². The van der Waals surface area contributed by atoms with Crippen molar-refractivity contribution in [2.24, 2.45) is 0 Å². The minimum Gasteiger partial charge on any atom is -0.356 e. The smallest absolute Gasteiger partial charge is 0.220 e. The number of nitrogens with one attached hydrogen (secondary N) is 1. The Kier molecular flexibility index (Phi) is 4.92. The van der Waals surface area contributed by atoms with Gasteiger partial charge in [-0.3, -0.25) is 4.79 Å². The molecule has 0 spiro atoms. The lowest BCUT2D eigenvalue weighted by atomic mass is 10.1. The van der Waals surface area contributed by atoms with Gasteiger partial charge in [0.05, 0.1) is 0 Å². The zero-order valence-corrected chi connectivity index (χ0v) is 10.0. The maximum absolute atomic E-state index is 11.2. The molecule has 0 aliphatic rings. The van der Waals surface area contributed by atoms with E-state index in [4.69, 9.17) is 23.2 Å². The molecule has 0 aromatic heterocycles. The Morgan fingerprint density at radius 3 is 2.47 bits per heavy atom. The number of rotatable bonds is 4. The number of carbonyl (C=O) groups excluding carboxylic acids is 1. The summed E-state index contributed by atoms with van der Waals surface area (Å²) in [6.07, 6.45) is 0.988. The van der Waals surface area contributed by atoms with Crippen LogP contribution in [0.5, 0.6) is 0 Å². The average Bonchev–Trinajstić information content (AvgIpc) is 2.17. The van der Waals surface area contributed by atoms with Gasteiger partial charge in [-0.25, -0.2) is 0 Å². The van der Waals surface area contributed by atoms with Crippen molar-refractivity contribution in [3.8, 4) is 0 Å². The van der Waals surface area contributed by atoms with E-state index in [1.54, 1.807) is 18.2 Å². The Bertz CT molecular complexity index is 332. The van der Waals surface area contributed by atoms with Crippen molar-refractivity contribution in [1.29, 1.82) is 0 Å². The molecule has 1 aromatic rings. The number of benzene rings is 1. The maximum Gasteiger partial charge on any atom is 0.220 e. The van der Waals surface area contributed by atoms with Gasteiger partial charge in [-0.05, 0) is 31.0 Å². The second kappa shape index (κ2) is 5.99. The van der Waals surface area contributed by atoms with E-state index in [1.807, 2.05) is 6.92 Å². The van der Waals surface area contributed by atoms with Crippen LogP contribution in [0, 0.1) is 0 Å². The van der Waals surface area contributed by atoms with Crippen LogP contribution in [0.2, 0.25) is 10.0 Å². The standard InChI is InChI=1S/C11H13Cl2NO/c1-2-14-11(15)7-6-8-9(12)4-3-5-10(8)13/h3-5H,2,6-7H2,1H3,(H,14,15). The van der Waals surface area contributed by atoms with Crippen molar-refractivity contribution in [1.82, 2.24) is 5.32 Å². The van der Waals surface area contributed by atoms with Crippen LogP contribution in [0.3, 0.4) is 0 Å². The molecule has 1 aromatic carbocycles. The van der Waals surface area contributed by atoms with Crippen molar-refractivity contribution in [2.45, 2.75) is 19.8 Å². The Morgan fingerprint density at radius 2 is 1.93 bits per heavy atom. The number of carbonyl (C=O) groups is 1. The van der Waals surface area contributed by atoms with Gasteiger partial charge >= 0.3 is 0 Å². The van der Waals surface area contributed by atoms with E-state index in [-0.39, 0.29) is 5.91 Å². The Balaban J connectivity index is 2.61. The summed E-state index contributed by atoms with van der Waals surface area (Å²) in [7, 11) is 0. The van der Waals surface area contributed by atoms with Crippen molar-refractivity contribution >= 4 is 29.1 Å². The zero-order chi connectivity index (χ0) is 11.3. The zero-order valence-electron chi connectivity index (χ0n) is 8.52. The summed E-state index contributed by atoms with van der Waals surface area (Å²) in [5, 5.41) is 3.96. The van der Waals surface area contributed by atoms with Gasteiger partial charge in [0.2, 0.25) is 5.91 Å². The van der Waals surface area contributed by atoms with Gasteiger partial charge in [-0.15, -0.1) is 0 Å². The summed E-state index contributed by atoms with van der Waals surface area (Å²) in [4.78, 5) is 11.2. The van der Waals surface area contributed by atoms with Crippen LogP contribution >= 0.6 is 23.2 Å². The molecule has 0 fully saturated rings. The van der Waals surface area contributed by atoms with Crippen molar-refractivity contribution in [3.05, 3.63) is 33.8 Å². The molecule has 0 unspecified atom stereocenters. The van der Waals surface area contributed by atoms with Gasteiger partial charge < -0.3 is 5.32 Å². The van der Waals surface area contributed by atoms with E-state index in [1.165, 1.54) is 0 Å². The first-order valence-electron chi connectivity index (χ1n) is 4.84. The molecular weight excluding hydrogens is 233 g/mol. The largest absolute Gasteiger partial charge is 0.356 e. The minimum absolute atomic E-state index is 0.0217. The number of hydrogen-bond donors (Lipinski definition) is 1. The SMILES string of the molecule is CCNC(=O)CCc1c(Cl)cccc1Cl. The van der Waals surface area contributed by atoms with Gasteiger partial charge in [0.15, 0.2) is 0 Å². The Morgan fingerprint density at radius 1 is 1.33 bits per heavy atom. The molecule has 0 atom stereocenters. The van der Waals surface area contributed by atoms with Crippen molar-refractivity contribution in [3.63, 3.8) is 0 Å². The summed E-state index contributed by atoms with van der Waals surface area (Å²) in [6.45, 7) is 2.54. The highest BCUT2D eigenvalue weighted by molar-refractivity contribution is 6.36. The van der Waals surface area contributed by atoms with Gasteiger partial charge in [-0.2, -0.15) is 0 Å². The fourth-order valence-corrected chi connectivity index (χ4v) is 1.88. The van der Waals surface area contributed by atoms with Crippen LogP contribution in [-0.2, 0) is 11.2 Å². The normalized spacial score (nSPS) is 10.1. The van der Waals surface area contributed by atoms with E-state index < -0.39 is 0 Å². The van der Waals surface area contributed by atoms with Crippen LogP contribution in [-0.4, -0.2) is 12.5 Å². The van der Waals surface area contributed by atoms with E-state index in [2.05, 4.69) is 5.32 Å². The van der Waals surface area contributed by atoms with Crippen LogP contribution < -0.4 is 5.32 Å². The lowest BCUT2D eigenvalue weighted by Crippen LogP contribution is -2.22. The third-order valence-electron chi connectivity index (χ3n) is 2.04. The molecule has 0 aliphatic heterocycles. The summed E-state index contributed by atoms with van der Waals surface area (Å²) in [6, 6.07) is 5.35. The van der Waals surface area contributed by atoms with E-state index in [0.717, 1.165) is 5.56 Å². The molecule has 15 heavy (non-hydrogen) atoms. The first kappa shape index (κ1) is 12.3. The van der Waals surface area contributed by atoms with E-state index in [0.29, 0.717) is 29.4 Å². The van der Waals surface area contributed by atoms with Crippen molar-refractivity contribution < 1.29 is 4.79 Å². The first-order chi connectivity index (χ1) is 7.15. The predicted octanol–water partition coefficient (Wildman–Crippen LogP) is 3.06. The molecule has 0 saturated carbocycles. The molecule has 1 N–H and O–H groups in total. The molecule has 0 heterocycles. The van der Waals surface area contributed by atoms with Gasteiger partial charge in [0.1, 0.15) is 0 Å². The summed E-state index contributed by atoms with van der Waals surface area (Å²) in [5.41, 5.74) is 0.840. The fourth-order valence-electron chi connectivity index (χ4n) is 1.30. The fraction of sp³-hybridized carbons (Fsp3) is 0.364. The molecule has 0 saturated heterocycles. The topological polar surface area (TPSA) is 29.1 Å². The molecule has 0 radical (unpaired) electrons. The minimum atomic E-state index is 0.0217. The first-order valence-corrected chi connectivity index (χ1v) is 5.60. The maximum atomic E-state index is 11.2. The van der Waals surface area contributed by atoms with Crippen LogP contribution in [0.4, 0.5) is 0 Å². The average molecular weight is 246 g/mol. The third kappa shape index (κ3) is 3.73. The number of amides is 1. The van der Waals surface area contributed by atoms with E-state index in [9.17, 15) is 4.79 Å². The lowest BCUT2D eigenvalue weighted by Gasteiger charge is -2.06.